The second kappa shape index (κ2) is 4.80. The Labute approximate surface area is 106 Å². The lowest BCUT2D eigenvalue weighted by atomic mass is 10.1. The van der Waals surface area contributed by atoms with Gasteiger partial charge in [-0.15, -0.1) is 0 Å². The highest BCUT2D eigenvalue weighted by atomic mass is 16.2. The molecule has 0 saturated carbocycles. The topological polar surface area (TPSA) is 37.6 Å². The van der Waals surface area contributed by atoms with Gasteiger partial charge in [-0.05, 0) is 31.4 Å². The molecule has 0 N–H and O–H groups in total. The van der Waals surface area contributed by atoms with Crippen molar-refractivity contribution in [3.63, 3.8) is 0 Å². The molecule has 1 saturated heterocycles. The molecule has 1 aliphatic rings. The van der Waals surface area contributed by atoms with E-state index in [0.717, 1.165) is 37.3 Å². The Morgan fingerprint density at radius 2 is 2.06 bits per heavy atom. The summed E-state index contributed by atoms with van der Waals surface area (Å²) in [5.41, 5.74) is 1.76. The van der Waals surface area contributed by atoms with E-state index in [1.165, 1.54) is 6.42 Å². The van der Waals surface area contributed by atoms with Gasteiger partial charge in [0.2, 0.25) is 5.91 Å². The minimum absolute atomic E-state index is 0.207. The minimum atomic E-state index is 0.207. The summed E-state index contributed by atoms with van der Waals surface area (Å²) in [4.78, 5) is 18.5. The Bertz CT molecular complexity index is 522. The van der Waals surface area contributed by atoms with Gasteiger partial charge in [0.05, 0.1) is 12.1 Å². The number of rotatable bonds is 2. The molecular weight excluding hydrogens is 226 g/mol. The Kier molecular flexibility index (Phi) is 3.00. The molecule has 1 fully saturated rings. The Hall–Kier alpha value is -1.84. The molecule has 1 amide bonds. The van der Waals surface area contributed by atoms with Gasteiger partial charge < -0.3 is 9.30 Å². The monoisotopic (exact) mass is 243 g/mol. The number of aromatic nitrogens is 2. The average molecular weight is 243 g/mol. The van der Waals surface area contributed by atoms with Gasteiger partial charge in [-0.25, -0.2) is 4.98 Å². The van der Waals surface area contributed by atoms with Crippen LogP contribution in [0.2, 0.25) is 0 Å². The number of carbonyl (C=O) groups is 1. The van der Waals surface area contributed by atoms with Gasteiger partial charge in [0.15, 0.2) is 0 Å². The second-order valence-corrected chi connectivity index (χ2v) is 4.82. The van der Waals surface area contributed by atoms with Gasteiger partial charge >= 0.3 is 0 Å². The maximum absolute atomic E-state index is 12.1. The van der Waals surface area contributed by atoms with Crippen molar-refractivity contribution < 1.29 is 4.79 Å². The lowest BCUT2D eigenvalue weighted by Crippen LogP contribution is -2.36. The molecule has 3 heterocycles. The molecule has 2 aromatic heterocycles. The van der Waals surface area contributed by atoms with Crippen LogP contribution in [0.5, 0.6) is 0 Å². The maximum atomic E-state index is 12.1. The highest BCUT2D eigenvalue weighted by molar-refractivity contribution is 5.78. The van der Waals surface area contributed by atoms with Crippen LogP contribution >= 0.6 is 0 Å². The van der Waals surface area contributed by atoms with Gasteiger partial charge in [-0.2, -0.15) is 0 Å². The normalized spacial score (nSPS) is 16.1. The number of pyridine rings is 1. The molecule has 94 valence electrons. The number of likely N-dealkylation sites (tertiary alicyclic amines) is 1. The molecule has 18 heavy (non-hydrogen) atoms. The molecule has 1 aliphatic heterocycles. The summed E-state index contributed by atoms with van der Waals surface area (Å²) >= 11 is 0. The van der Waals surface area contributed by atoms with E-state index in [1.54, 1.807) is 0 Å². The van der Waals surface area contributed by atoms with Crippen LogP contribution < -0.4 is 0 Å². The van der Waals surface area contributed by atoms with Crippen molar-refractivity contribution in [3.8, 4) is 0 Å². The number of hydrogen-bond donors (Lipinski definition) is 0. The zero-order valence-electron chi connectivity index (χ0n) is 10.4. The third kappa shape index (κ3) is 2.23. The summed E-state index contributed by atoms with van der Waals surface area (Å²) in [5, 5.41) is 0. The average Bonchev–Trinajstić information content (AvgIpc) is 2.82. The zero-order chi connectivity index (χ0) is 12.4. The first-order chi connectivity index (χ1) is 8.83. The van der Waals surface area contributed by atoms with Gasteiger partial charge in [-0.1, -0.05) is 6.07 Å². The van der Waals surface area contributed by atoms with E-state index < -0.39 is 0 Å². The molecule has 0 radical (unpaired) electrons. The molecule has 2 aromatic rings. The number of imidazole rings is 1. The molecule has 0 aromatic carbocycles. The predicted molar refractivity (Wildman–Crippen MR) is 69.3 cm³/mol. The van der Waals surface area contributed by atoms with Crippen molar-refractivity contribution in [3.05, 3.63) is 36.3 Å². The maximum Gasteiger partial charge on any atom is 0.228 e. The smallest absolute Gasteiger partial charge is 0.228 e. The summed E-state index contributed by atoms with van der Waals surface area (Å²) < 4.78 is 1.96. The molecule has 0 spiro atoms. The van der Waals surface area contributed by atoms with Gasteiger partial charge in [0.1, 0.15) is 5.65 Å². The van der Waals surface area contributed by atoms with Crippen molar-refractivity contribution in [1.29, 1.82) is 0 Å². The van der Waals surface area contributed by atoms with E-state index in [9.17, 15) is 4.79 Å². The number of amides is 1. The van der Waals surface area contributed by atoms with Gasteiger partial charge in [0, 0.05) is 25.5 Å². The van der Waals surface area contributed by atoms with Crippen LogP contribution in [0.1, 0.15) is 25.0 Å². The summed E-state index contributed by atoms with van der Waals surface area (Å²) in [6, 6.07) is 5.87. The molecule has 0 aliphatic carbocycles. The molecule has 3 rings (SSSR count). The largest absolute Gasteiger partial charge is 0.342 e. The van der Waals surface area contributed by atoms with Crippen molar-refractivity contribution in [2.75, 3.05) is 13.1 Å². The van der Waals surface area contributed by atoms with E-state index in [4.69, 9.17) is 0 Å². The van der Waals surface area contributed by atoms with Crippen LogP contribution in [-0.4, -0.2) is 33.3 Å². The summed E-state index contributed by atoms with van der Waals surface area (Å²) in [5.74, 6) is 0.207. The molecule has 4 heteroatoms. The van der Waals surface area contributed by atoms with Crippen LogP contribution in [-0.2, 0) is 11.2 Å². The fraction of sp³-hybridized carbons (Fsp3) is 0.429. The van der Waals surface area contributed by atoms with Crippen LogP contribution in [0.15, 0.2) is 30.6 Å². The van der Waals surface area contributed by atoms with Crippen LogP contribution in [0.4, 0.5) is 0 Å². The summed E-state index contributed by atoms with van der Waals surface area (Å²) in [6.45, 7) is 1.82. The summed E-state index contributed by atoms with van der Waals surface area (Å²) in [7, 11) is 0. The lowest BCUT2D eigenvalue weighted by Gasteiger charge is -2.26. The molecular formula is C14H17N3O. The first-order valence-electron chi connectivity index (χ1n) is 6.53. The van der Waals surface area contributed by atoms with Gasteiger partial charge in [-0.3, -0.25) is 4.79 Å². The minimum Gasteiger partial charge on any atom is -0.342 e. The Morgan fingerprint density at radius 1 is 1.22 bits per heavy atom. The molecule has 4 nitrogen and oxygen atoms in total. The first-order valence-corrected chi connectivity index (χ1v) is 6.53. The van der Waals surface area contributed by atoms with E-state index >= 15 is 0 Å². The third-order valence-electron chi connectivity index (χ3n) is 3.45. The molecule has 0 atom stereocenters. The van der Waals surface area contributed by atoms with E-state index in [0.29, 0.717) is 6.42 Å². The third-order valence-corrected chi connectivity index (χ3v) is 3.45. The highest BCUT2D eigenvalue weighted by Crippen LogP contribution is 2.11. The SMILES string of the molecule is O=C(Cc1cn2ccccc2n1)N1CCCCC1. The van der Waals surface area contributed by atoms with Crippen LogP contribution in [0, 0.1) is 0 Å². The molecule has 0 unspecified atom stereocenters. The zero-order valence-corrected chi connectivity index (χ0v) is 10.4. The highest BCUT2D eigenvalue weighted by Gasteiger charge is 2.17. The van der Waals surface area contributed by atoms with Crippen molar-refractivity contribution >= 4 is 11.6 Å². The Balaban J connectivity index is 1.73. The van der Waals surface area contributed by atoms with Gasteiger partial charge in [0.25, 0.3) is 0 Å². The second-order valence-electron chi connectivity index (χ2n) is 4.82. The van der Waals surface area contributed by atoms with Crippen molar-refractivity contribution in [2.45, 2.75) is 25.7 Å². The number of piperidine rings is 1. The van der Waals surface area contributed by atoms with Crippen LogP contribution in [0.25, 0.3) is 5.65 Å². The number of hydrogen-bond acceptors (Lipinski definition) is 2. The van der Waals surface area contributed by atoms with Crippen LogP contribution in [0.3, 0.4) is 0 Å². The number of carbonyl (C=O) groups excluding carboxylic acids is 1. The number of fused-ring (bicyclic) bond motifs is 1. The lowest BCUT2D eigenvalue weighted by molar-refractivity contribution is -0.131. The fourth-order valence-corrected chi connectivity index (χ4v) is 2.48. The number of nitrogens with zero attached hydrogens (tertiary/aromatic N) is 3. The standard InChI is InChI=1S/C14H17N3O/c18-14(16-7-3-1-4-8-16)10-12-11-17-9-5-2-6-13(17)15-12/h2,5-6,9,11H,1,3-4,7-8,10H2. The fourth-order valence-electron chi connectivity index (χ4n) is 2.48. The predicted octanol–water partition coefficient (Wildman–Crippen LogP) is 1.89. The Morgan fingerprint density at radius 3 is 2.83 bits per heavy atom. The van der Waals surface area contributed by atoms with E-state index in [2.05, 4.69) is 4.98 Å². The quantitative estimate of drug-likeness (QED) is 0.807. The van der Waals surface area contributed by atoms with Crippen molar-refractivity contribution in [2.24, 2.45) is 0 Å². The first kappa shape index (κ1) is 11.3. The molecule has 0 bridgehead atoms. The summed E-state index contributed by atoms with van der Waals surface area (Å²) in [6.07, 6.45) is 7.84. The van der Waals surface area contributed by atoms with E-state index in [-0.39, 0.29) is 5.91 Å². The van der Waals surface area contributed by atoms with E-state index in [1.807, 2.05) is 39.9 Å². The van der Waals surface area contributed by atoms with Crippen molar-refractivity contribution in [1.82, 2.24) is 14.3 Å².